The number of hydrogen-bond acceptors (Lipinski definition) is 9. The van der Waals surface area contributed by atoms with Gasteiger partial charge in [-0.25, -0.2) is 19.6 Å². The van der Waals surface area contributed by atoms with Crippen LogP contribution in [0.4, 0.5) is 9.59 Å². The van der Waals surface area contributed by atoms with Gasteiger partial charge in [-0.3, -0.25) is 9.59 Å². The molecule has 5 aromatic rings. The molecule has 3 aromatic carbocycles. The highest BCUT2D eigenvalue weighted by Crippen LogP contribution is 2.37. The number of nitrogens with zero attached hydrogens (tertiary/aromatic N) is 4. The largest absolute Gasteiger partial charge is 0.453 e. The van der Waals surface area contributed by atoms with Gasteiger partial charge in [0, 0.05) is 19.5 Å². The third-order valence-corrected chi connectivity index (χ3v) is 11.4. The zero-order chi connectivity index (χ0) is 41.4. The lowest BCUT2D eigenvalue weighted by molar-refractivity contribution is -0.136. The molecule has 7 rings (SSSR count). The second kappa shape index (κ2) is 16.5. The number of methoxy groups -OCH3 is 2. The maximum atomic E-state index is 13.7. The Bertz CT molecular complexity index is 2350. The molecule has 4 amide bonds. The summed E-state index contributed by atoms with van der Waals surface area (Å²) < 4.78 is 9.52. The van der Waals surface area contributed by atoms with E-state index in [4.69, 9.17) is 19.4 Å². The maximum absolute atomic E-state index is 13.7. The third-order valence-electron chi connectivity index (χ3n) is 11.4. The van der Waals surface area contributed by atoms with Crippen molar-refractivity contribution in [1.82, 2.24) is 40.4 Å². The Balaban J connectivity index is 1.10. The van der Waals surface area contributed by atoms with Gasteiger partial charge in [-0.05, 0) is 83.7 Å². The van der Waals surface area contributed by atoms with E-state index < -0.39 is 36.4 Å². The van der Waals surface area contributed by atoms with E-state index in [1.54, 1.807) is 4.90 Å². The van der Waals surface area contributed by atoms with Crippen LogP contribution in [0.2, 0.25) is 0 Å². The number of aryl methyl sites for hydroxylation is 1. The first-order valence-electron chi connectivity index (χ1n) is 19.8. The molecule has 0 saturated carbocycles. The molecular weight excluding hydrogens is 741 g/mol. The highest BCUT2D eigenvalue weighted by atomic mass is 16.5. The molecule has 4 heterocycles. The number of carbonyl (C=O) groups is 4. The number of H-pyrrole nitrogens is 2. The second-order valence-corrected chi connectivity index (χ2v) is 16.0. The van der Waals surface area contributed by atoms with Crippen LogP contribution in [0.1, 0.15) is 76.3 Å². The van der Waals surface area contributed by atoms with Crippen molar-refractivity contribution in [2.75, 3.05) is 27.3 Å². The Morgan fingerprint density at radius 3 is 1.83 bits per heavy atom. The van der Waals surface area contributed by atoms with Gasteiger partial charge in [-0.2, -0.15) is 0 Å². The standard InChI is InChI=1S/C43H52N8O7/c1-22(2)36(48-42(55)57-6)40(53)50-16-8-9-34(50)38-44-30-14-11-26(18-32(30)46-38)25-10-13-29(24(5)17-25)27-12-15-31-33(19-27)47-39(45-31)35-20-28(52)21-51(35)41(54)37(23(3)4)49-43(56)58-7/h10-15,17-19,22-23,28,34-37,52H,8-9,16,20-21H2,1-7H3,(H,44,46)(H,45,47)(H,48,55)(H,49,56)/t28-,34-,35-,36-,37-/m0/s1. The minimum atomic E-state index is -0.817. The molecule has 58 heavy (non-hydrogen) atoms. The summed E-state index contributed by atoms with van der Waals surface area (Å²) in [4.78, 5) is 71.5. The van der Waals surface area contributed by atoms with Crippen molar-refractivity contribution in [3.63, 3.8) is 0 Å². The van der Waals surface area contributed by atoms with Gasteiger partial charge in [0.05, 0.1) is 54.5 Å². The molecule has 0 bridgehead atoms. The van der Waals surface area contributed by atoms with Crippen molar-refractivity contribution >= 4 is 46.1 Å². The first-order valence-corrected chi connectivity index (χ1v) is 19.8. The molecule has 306 valence electrons. The molecule has 0 unspecified atom stereocenters. The summed E-state index contributed by atoms with van der Waals surface area (Å²) in [6.45, 7) is 10.3. The lowest BCUT2D eigenvalue weighted by Crippen LogP contribution is -2.51. The fourth-order valence-corrected chi connectivity index (χ4v) is 8.27. The number of imidazole rings is 2. The van der Waals surface area contributed by atoms with Crippen molar-refractivity contribution in [2.24, 2.45) is 11.8 Å². The zero-order valence-electron chi connectivity index (χ0n) is 34.0. The lowest BCUT2D eigenvalue weighted by Gasteiger charge is -2.29. The number of aliphatic hydroxyl groups excluding tert-OH is 1. The van der Waals surface area contributed by atoms with E-state index in [1.165, 1.54) is 14.2 Å². The van der Waals surface area contributed by atoms with Gasteiger partial charge in [0.2, 0.25) is 11.8 Å². The van der Waals surface area contributed by atoms with Crippen molar-refractivity contribution in [3.8, 4) is 22.3 Å². The summed E-state index contributed by atoms with van der Waals surface area (Å²) in [6, 6.07) is 16.3. The van der Waals surface area contributed by atoms with Gasteiger partial charge in [0.15, 0.2) is 0 Å². The summed E-state index contributed by atoms with van der Waals surface area (Å²) >= 11 is 0. The minimum absolute atomic E-state index is 0.118. The van der Waals surface area contributed by atoms with Crippen LogP contribution in [-0.2, 0) is 19.1 Å². The Morgan fingerprint density at radius 2 is 1.26 bits per heavy atom. The number of fused-ring (bicyclic) bond motifs is 2. The molecule has 2 aliphatic rings. The van der Waals surface area contributed by atoms with Crippen LogP contribution in [0.5, 0.6) is 0 Å². The van der Waals surface area contributed by atoms with E-state index in [9.17, 15) is 24.3 Å². The summed E-state index contributed by atoms with van der Waals surface area (Å²) in [6.07, 6.45) is -0.123. The number of β-amino-alcohol motifs (C(OH)–C–C–N with tert-alkyl or cyclic N) is 1. The van der Waals surface area contributed by atoms with Gasteiger partial charge in [-0.1, -0.05) is 58.0 Å². The van der Waals surface area contributed by atoms with Crippen molar-refractivity contribution in [3.05, 3.63) is 71.8 Å². The smallest absolute Gasteiger partial charge is 0.407 e. The first-order chi connectivity index (χ1) is 27.8. The Morgan fingerprint density at radius 1 is 0.741 bits per heavy atom. The van der Waals surface area contributed by atoms with Crippen LogP contribution in [-0.4, -0.2) is 104 Å². The van der Waals surface area contributed by atoms with Crippen molar-refractivity contribution < 1.29 is 33.8 Å². The Hall–Kier alpha value is -5.96. The van der Waals surface area contributed by atoms with Crippen LogP contribution in [0, 0.1) is 18.8 Å². The van der Waals surface area contributed by atoms with Crippen LogP contribution < -0.4 is 10.6 Å². The third kappa shape index (κ3) is 7.95. The predicted molar refractivity (Wildman–Crippen MR) is 218 cm³/mol. The number of rotatable bonds is 10. The predicted octanol–water partition coefficient (Wildman–Crippen LogP) is 6.14. The number of likely N-dealkylation sites (tertiary alicyclic amines) is 2. The van der Waals surface area contributed by atoms with Gasteiger partial charge in [0.25, 0.3) is 0 Å². The Kier molecular flexibility index (Phi) is 11.4. The number of nitrogens with one attached hydrogen (secondary N) is 4. The van der Waals surface area contributed by atoms with Gasteiger partial charge < -0.3 is 45.0 Å². The number of alkyl carbamates (subject to hydrolysis) is 2. The molecule has 15 heteroatoms. The van der Waals surface area contributed by atoms with Crippen LogP contribution in [0.3, 0.4) is 0 Å². The Labute approximate surface area is 336 Å². The second-order valence-electron chi connectivity index (χ2n) is 16.0. The number of amides is 4. The van der Waals surface area contributed by atoms with Gasteiger partial charge >= 0.3 is 12.2 Å². The van der Waals surface area contributed by atoms with Gasteiger partial charge in [0.1, 0.15) is 23.7 Å². The quantitative estimate of drug-likeness (QED) is 0.110. The number of aromatic amines is 2. The zero-order valence-corrected chi connectivity index (χ0v) is 34.0. The topological polar surface area (TPSA) is 195 Å². The molecule has 2 fully saturated rings. The van der Waals surface area contributed by atoms with E-state index in [0.717, 1.165) is 68.6 Å². The average Bonchev–Trinajstić information content (AvgIpc) is 4.02. The van der Waals surface area contributed by atoms with E-state index in [1.807, 2.05) is 56.9 Å². The fraction of sp³-hybridized carbons (Fsp3) is 0.442. The molecular formula is C43H52N8O7. The number of benzene rings is 3. The first kappa shape index (κ1) is 40.2. The lowest BCUT2D eigenvalue weighted by atomic mass is 9.95. The molecule has 0 aliphatic carbocycles. The summed E-state index contributed by atoms with van der Waals surface area (Å²) in [5.41, 5.74) is 8.38. The van der Waals surface area contributed by atoms with Crippen molar-refractivity contribution in [1.29, 1.82) is 0 Å². The normalized spacial score (nSPS) is 19.2. The van der Waals surface area contributed by atoms with Crippen LogP contribution >= 0.6 is 0 Å². The summed E-state index contributed by atoms with van der Waals surface area (Å²) in [5, 5.41) is 16.0. The molecule has 0 radical (unpaired) electrons. The van der Waals surface area contributed by atoms with Crippen LogP contribution in [0.25, 0.3) is 44.3 Å². The monoisotopic (exact) mass is 792 g/mol. The molecule has 5 atom stereocenters. The summed E-state index contributed by atoms with van der Waals surface area (Å²) in [7, 11) is 2.54. The van der Waals surface area contributed by atoms with E-state index in [2.05, 4.69) is 57.9 Å². The number of aliphatic hydroxyl groups is 1. The minimum Gasteiger partial charge on any atom is -0.453 e. The molecule has 15 nitrogen and oxygen atoms in total. The van der Waals surface area contributed by atoms with E-state index >= 15 is 0 Å². The maximum Gasteiger partial charge on any atom is 0.407 e. The molecule has 2 aliphatic heterocycles. The molecule has 2 aromatic heterocycles. The average molecular weight is 793 g/mol. The SMILES string of the molecule is COC(=O)N[C@H](C(=O)N1CCC[C@H]1c1nc2cc(-c3ccc(-c4ccc5[nH]c([C@@H]6C[C@H](O)CN6C(=O)[C@@H](NC(=O)OC)C(C)C)nc5c4)c(C)c3)ccc2[nH]1)C(C)C. The van der Waals surface area contributed by atoms with Crippen LogP contribution in [0.15, 0.2) is 54.6 Å². The highest BCUT2D eigenvalue weighted by Gasteiger charge is 2.41. The fourth-order valence-electron chi connectivity index (χ4n) is 8.27. The molecule has 0 spiro atoms. The van der Waals surface area contributed by atoms with E-state index in [0.29, 0.717) is 18.8 Å². The number of carbonyl (C=O) groups excluding carboxylic acids is 4. The van der Waals surface area contributed by atoms with Crippen molar-refractivity contribution in [2.45, 2.75) is 84.2 Å². The van der Waals surface area contributed by atoms with E-state index in [-0.39, 0.29) is 36.2 Å². The number of hydrogen-bond donors (Lipinski definition) is 5. The van der Waals surface area contributed by atoms with Gasteiger partial charge in [-0.15, -0.1) is 0 Å². The number of aromatic nitrogens is 4. The molecule has 5 N–H and O–H groups in total. The molecule has 2 saturated heterocycles. The summed E-state index contributed by atoms with van der Waals surface area (Å²) in [5.74, 6) is 0.528. The highest BCUT2D eigenvalue weighted by molar-refractivity contribution is 5.89. The number of ether oxygens (including phenoxy) is 2.